The highest BCUT2D eigenvalue weighted by atomic mass is 32.2. The van der Waals surface area contributed by atoms with E-state index in [-0.39, 0.29) is 10.2 Å². The molecule has 0 bridgehead atoms. The zero-order valence-corrected chi connectivity index (χ0v) is 7.40. The molecule has 0 radical (unpaired) electrons. The summed E-state index contributed by atoms with van der Waals surface area (Å²) in [6, 6.07) is 0. The fraction of sp³-hybridized carbons (Fsp3) is 0.400. The number of rotatable bonds is 0. The van der Waals surface area contributed by atoms with E-state index in [4.69, 9.17) is 12.2 Å². The Hall–Kier alpha value is 0.130. The van der Waals surface area contributed by atoms with Gasteiger partial charge in [0.15, 0.2) is 10.2 Å². The Bertz CT molecular complexity index is 179. The Morgan fingerprint density at radius 2 is 1.50 bits per heavy atom. The van der Waals surface area contributed by atoms with Gasteiger partial charge < -0.3 is 0 Å². The van der Waals surface area contributed by atoms with Crippen molar-refractivity contribution in [2.75, 3.05) is 0 Å². The molecule has 0 unspecified atom stereocenters. The molecule has 0 saturated carbocycles. The first-order valence-corrected chi connectivity index (χ1v) is 4.68. The van der Waals surface area contributed by atoms with Crippen LogP contribution < -0.4 is 0 Å². The van der Waals surface area contributed by atoms with Crippen LogP contribution >= 0.6 is 35.7 Å². The van der Waals surface area contributed by atoms with Crippen LogP contribution in [-0.4, -0.2) is 13.8 Å². The van der Waals surface area contributed by atoms with Crippen LogP contribution in [0.1, 0.15) is 12.8 Å². The second-order valence-corrected chi connectivity index (χ2v) is 5.02. The predicted molar refractivity (Wildman–Crippen MR) is 47.0 cm³/mol. The number of thioether (sulfide) groups is 2. The van der Waals surface area contributed by atoms with Crippen LogP contribution in [0.15, 0.2) is 0 Å². The van der Waals surface area contributed by atoms with E-state index >= 15 is 0 Å². The molecule has 1 saturated heterocycles. The van der Waals surface area contributed by atoms with E-state index < -0.39 is 0 Å². The van der Waals surface area contributed by atoms with Gasteiger partial charge in [0.05, 0.1) is 0 Å². The zero-order valence-electron chi connectivity index (χ0n) is 4.96. The van der Waals surface area contributed by atoms with Gasteiger partial charge in [-0.1, -0.05) is 12.2 Å². The first-order chi connectivity index (χ1) is 4.68. The summed E-state index contributed by atoms with van der Waals surface area (Å²) in [7, 11) is 0. The number of hydrogen-bond acceptors (Lipinski definition) is 5. The standard InChI is InChI=1S/C5H4O2S3/c6-3-1-2-4(7)10-5(8)9-3/h1-2H2. The second kappa shape index (κ2) is 3.50. The Morgan fingerprint density at radius 3 is 1.90 bits per heavy atom. The lowest BCUT2D eigenvalue weighted by molar-refractivity contribution is -0.115. The van der Waals surface area contributed by atoms with Crippen molar-refractivity contribution >= 4 is 49.5 Å². The van der Waals surface area contributed by atoms with Gasteiger partial charge in [-0.05, 0) is 23.5 Å². The SMILES string of the molecule is O=C1CCC(=O)SC(=S)S1. The normalized spacial score (nSPS) is 21.0. The molecule has 5 heteroatoms. The largest absolute Gasteiger partial charge is 0.287 e. The number of carbonyl (C=O) groups is 2. The van der Waals surface area contributed by atoms with Gasteiger partial charge in [0.1, 0.15) is 3.53 Å². The van der Waals surface area contributed by atoms with Crippen LogP contribution in [0.2, 0.25) is 0 Å². The number of carbonyl (C=O) groups excluding carboxylic acids is 2. The van der Waals surface area contributed by atoms with E-state index in [0.717, 1.165) is 23.5 Å². The van der Waals surface area contributed by atoms with Crippen LogP contribution in [0.3, 0.4) is 0 Å². The van der Waals surface area contributed by atoms with Gasteiger partial charge in [-0.25, -0.2) is 0 Å². The minimum Gasteiger partial charge on any atom is -0.287 e. The van der Waals surface area contributed by atoms with Crippen molar-refractivity contribution in [3.8, 4) is 0 Å². The van der Waals surface area contributed by atoms with Crippen LogP contribution in [0.5, 0.6) is 0 Å². The molecule has 2 nitrogen and oxygen atoms in total. The minimum absolute atomic E-state index is 0.00310. The van der Waals surface area contributed by atoms with E-state index in [9.17, 15) is 9.59 Å². The molecular formula is C5H4O2S3. The Morgan fingerprint density at radius 1 is 1.10 bits per heavy atom. The van der Waals surface area contributed by atoms with Gasteiger partial charge in [-0.15, -0.1) is 0 Å². The number of thiocarbonyl (C=S) groups is 1. The molecule has 0 amide bonds. The van der Waals surface area contributed by atoms with Crippen molar-refractivity contribution in [2.24, 2.45) is 0 Å². The quantitative estimate of drug-likeness (QED) is 0.544. The average molecular weight is 192 g/mol. The summed E-state index contributed by atoms with van der Waals surface area (Å²) < 4.78 is 0.438. The molecule has 1 aliphatic heterocycles. The Balaban J connectivity index is 2.63. The molecule has 0 aromatic heterocycles. The third-order valence-corrected chi connectivity index (χ3v) is 3.12. The Kier molecular flexibility index (Phi) is 2.88. The molecule has 0 spiro atoms. The molecule has 10 heavy (non-hydrogen) atoms. The van der Waals surface area contributed by atoms with Gasteiger partial charge in [0, 0.05) is 12.8 Å². The van der Waals surface area contributed by atoms with E-state index in [1.807, 2.05) is 0 Å². The molecule has 1 fully saturated rings. The van der Waals surface area contributed by atoms with E-state index in [2.05, 4.69) is 0 Å². The minimum atomic E-state index is 0.00310. The van der Waals surface area contributed by atoms with Crippen molar-refractivity contribution in [1.29, 1.82) is 0 Å². The fourth-order valence-corrected chi connectivity index (χ4v) is 2.57. The van der Waals surface area contributed by atoms with Crippen molar-refractivity contribution in [2.45, 2.75) is 12.8 Å². The smallest absolute Gasteiger partial charge is 0.195 e. The van der Waals surface area contributed by atoms with Gasteiger partial charge in [0.2, 0.25) is 0 Å². The topological polar surface area (TPSA) is 34.1 Å². The molecule has 1 aliphatic rings. The highest BCUT2D eigenvalue weighted by molar-refractivity contribution is 8.56. The molecule has 54 valence electrons. The van der Waals surface area contributed by atoms with Crippen LogP contribution in [0, 0.1) is 0 Å². The van der Waals surface area contributed by atoms with E-state index in [0.29, 0.717) is 16.4 Å². The summed E-state index contributed by atoms with van der Waals surface area (Å²) in [6.07, 6.45) is 0.660. The van der Waals surface area contributed by atoms with Gasteiger partial charge in [-0.2, -0.15) is 0 Å². The molecule has 1 rings (SSSR count). The summed E-state index contributed by atoms with van der Waals surface area (Å²) in [5, 5.41) is 0.00620. The van der Waals surface area contributed by atoms with Crippen LogP contribution in [0.25, 0.3) is 0 Å². The van der Waals surface area contributed by atoms with Crippen LogP contribution in [0.4, 0.5) is 0 Å². The molecule has 0 N–H and O–H groups in total. The molecule has 0 aliphatic carbocycles. The van der Waals surface area contributed by atoms with Gasteiger partial charge in [-0.3, -0.25) is 9.59 Å². The van der Waals surface area contributed by atoms with Crippen LogP contribution in [-0.2, 0) is 9.59 Å². The maximum atomic E-state index is 10.7. The van der Waals surface area contributed by atoms with Gasteiger partial charge >= 0.3 is 0 Å². The Labute approximate surface area is 72.1 Å². The van der Waals surface area contributed by atoms with E-state index in [1.54, 1.807) is 0 Å². The van der Waals surface area contributed by atoms with Crippen molar-refractivity contribution < 1.29 is 9.59 Å². The third kappa shape index (κ3) is 2.40. The van der Waals surface area contributed by atoms with Crippen molar-refractivity contribution in [1.82, 2.24) is 0 Å². The predicted octanol–water partition coefficient (Wildman–Crippen LogP) is 1.58. The second-order valence-electron chi connectivity index (χ2n) is 1.70. The molecule has 0 aromatic carbocycles. The average Bonchev–Trinajstić information content (AvgIpc) is 1.93. The first kappa shape index (κ1) is 8.23. The fourth-order valence-electron chi connectivity index (χ4n) is 0.513. The zero-order chi connectivity index (χ0) is 7.56. The number of hydrogen-bond donors (Lipinski definition) is 0. The lowest BCUT2D eigenvalue weighted by atomic mass is 10.4. The molecule has 0 atom stereocenters. The summed E-state index contributed by atoms with van der Waals surface area (Å²) in [5.41, 5.74) is 0. The summed E-state index contributed by atoms with van der Waals surface area (Å²) >= 11 is 6.73. The van der Waals surface area contributed by atoms with Crippen molar-refractivity contribution in [3.05, 3.63) is 0 Å². The van der Waals surface area contributed by atoms with E-state index in [1.165, 1.54) is 0 Å². The lowest BCUT2D eigenvalue weighted by Crippen LogP contribution is -1.91. The monoisotopic (exact) mass is 192 g/mol. The van der Waals surface area contributed by atoms with Crippen molar-refractivity contribution in [3.63, 3.8) is 0 Å². The summed E-state index contributed by atoms with van der Waals surface area (Å²) in [5.74, 6) is 0. The highest BCUT2D eigenvalue weighted by Gasteiger charge is 2.18. The maximum Gasteiger partial charge on any atom is 0.195 e. The third-order valence-electron chi connectivity index (χ3n) is 0.928. The first-order valence-electron chi connectivity index (χ1n) is 2.64. The lowest BCUT2D eigenvalue weighted by Gasteiger charge is -1.89. The highest BCUT2D eigenvalue weighted by Crippen LogP contribution is 2.26. The van der Waals surface area contributed by atoms with Gasteiger partial charge in [0.25, 0.3) is 0 Å². The molecule has 1 heterocycles. The maximum absolute atomic E-state index is 10.7. The summed E-state index contributed by atoms with van der Waals surface area (Å²) in [4.78, 5) is 21.5. The molecule has 0 aromatic rings. The molecular weight excluding hydrogens is 188 g/mol. The summed E-state index contributed by atoms with van der Waals surface area (Å²) in [6.45, 7) is 0.